The van der Waals surface area contributed by atoms with Crippen LogP contribution >= 0.6 is 11.6 Å². The van der Waals surface area contributed by atoms with E-state index in [1.54, 1.807) is 0 Å². The Labute approximate surface area is 116 Å². The molecule has 2 nitrogen and oxygen atoms in total. The molecule has 0 radical (unpaired) electrons. The second kappa shape index (κ2) is 5.94. The summed E-state index contributed by atoms with van der Waals surface area (Å²) in [5.41, 5.74) is 0. The summed E-state index contributed by atoms with van der Waals surface area (Å²) in [5.74, 6) is 1.72. The molecule has 102 valence electrons. The van der Waals surface area contributed by atoms with Gasteiger partial charge in [0.25, 0.3) is 0 Å². The van der Waals surface area contributed by atoms with Gasteiger partial charge in [-0.2, -0.15) is 0 Å². The summed E-state index contributed by atoms with van der Waals surface area (Å²) >= 11 is 6.16. The Kier molecular flexibility index (Phi) is 4.27. The summed E-state index contributed by atoms with van der Waals surface area (Å²) in [4.78, 5) is 5.32. The Bertz CT molecular complexity index is 310. The van der Waals surface area contributed by atoms with E-state index < -0.39 is 0 Å². The first-order chi connectivity index (χ1) is 8.81. The number of rotatable bonds is 3. The Morgan fingerprint density at radius 3 is 2.56 bits per heavy atom. The Hall–Kier alpha value is -0.0500. The predicted octanol–water partition coefficient (Wildman–Crippen LogP) is 2.94. The molecule has 2 aliphatic heterocycles. The topological polar surface area (TPSA) is 6.48 Å². The zero-order valence-electron chi connectivity index (χ0n) is 11.3. The molecule has 0 aromatic heterocycles. The molecule has 0 aromatic rings. The number of likely N-dealkylation sites (tertiary alicyclic amines) is 2. The molecule has 0 spiro atoms. The van der Waals surface area contributed by atoms with E-state index in [0.29, 0.717) is 0 Å². The maximum absolute atomic E-state index is 6.16. The maximum atomic E-state index is 6.16. The van der Waals surface area contributed by atoms with Gasteiger partial charge in [0.1, 0.15) is 0 Å². The quantitative estimate of drug-likeness (QED) is 0.777. The number of halogens is 1. The second-order valence-corrected chi connectivity index (χ2v) is 6.76. The van der Waals surface area contributed by atoms with Gasteiger partial charge in [0.05, 0.1) is 0 Å². The summed E-state index contributed by atoms with van der Waals surface area (Å²) in [5, 5.41) is 1.11. The van der Waals surface area contributed by atoms with Gasteiger partial charge < -0.3 is 9.80 Å². The lowest BCUT2D eigenvalue weighted by Gasteiger charge is -2.28. The molecule has 2 atom stereocenters. The second-order valence-electron chi connectivity index (χ2n) is 6.27. The highest BCUT2D eigenvalue weighted by molar-refractivity contribution is 6.29. The van der Waals surface area contributed by atoms with Crippen molar-refractivity contribution in [1.29, 1.82) is 0 Å². The highest BCUT2D eigenvalue weighted by Gasteiger charge is 2.34. The zero-order chi connectivity index (χ0) is 12.4. The number of hydrogen-bond donors (Lipinski definition) is 0. The number of hydrogen-bond acceptors (Lipinski definition) is 2. The average molecular weight is 269 g/mol. The predicted molar refractivity (Wildman–Crippen MR) is 76.9 cm³/mol. The summed E-state index contributed by atoms with van der Waals surface area (Å²) in [7, 11) is 0. The van der Waals surface area contributed by atoms with Crippen molar-refractivity contribution in [2.75, 3.05) is 39.3 Å². The van der Waals surface area contributed by atoms with Crippen LogP contribution in [-0.2, 0) is 0 Å². The molecule has 1 aliphatic carbocycles. The molecule has 18 heavy (non-hydrogen) atoms. The van der Waals surface area contributed by atoms with Crippen LogP contribution in [0.4, 0.5) is 0 Å². The monoisotopic (exact) mass is 268 g/mol. The lowest BCUT2D eigenvalue weighted by Crippen LogP contribution is -2.37. The van der Waals surface area contributed by atoms with Gasteiger partial charge in [-0.1, -0.05) is 24.1 Å². The van der Waals surface area contributed by atoms with E-state index in [-0.39, 0.29) is 0 Å². The van der Waals surface area contributed by atoms with Crippen LogP contribution in [0.1, 0.15) is 32.1 Å². The van der Waals surface area contributed by atoms with Crippen molar-refractivity contribution in [2.24, 2.45) is 11.8 Å². The van der Waals surface area contributed by atoms with Gasteiger partial charge in [0, 0.05) is 31.2 Å². The third-order valence-corrected chi connectivity index (χ3v) is 5.24. The average Bonchev–Trinajstić information content (AvgIpc) is 2.79. The number of fused-ring (bicyclic) bond motifs is 1. The van der Waals surface area contributed by atoms with Gasteiger partial charge in [-0.15, -0.1) is 0 Å². The van der Waals surface area contributed by atoms with Gasteiger partial charge in [-0.25, -0.2) is 0 Å². The number of piperidine rings is 1. The molecule has 0 amide bonds. The minimum absolute atomic E-state index is 0.837. The molecule has 0 bridgehead atoms. The van der Waals surface area contributed by atoms with Gasteiger partial charge in [-0.3, -0.25) is 0 Å². The van der Waals surface area contributed by atoms with Crippen molar-refractivity contribution in [3.63, 3.8) is 0 Å². The van der Waals surface area contributed by atoms with Crippen LogP contribution in [0.3, 0.4) is 0 Å². The fourth-order valence-electron chi connectivity index (χ4n) is 3.80. The van der Waals surface area contributed by atoms with Crippen molar-refractivity contribution in [1.82, 2.24) is 9.80 Å². The van der Waals surface area contributed by atoms with Crippen LogP contribution in [0.25, 0.3) is 0 Å². The van der Waals surface area contributed by atoms with E-state index >= 15 is 0 Å². The number of nitrogens with zero attached hydrogens (tertiary/aromatic N) is 2. The largest absolute Gasteiger partial charge is 0.302 e. The van der Waals surface area contributed by atoms with Gasteiger partial charge >= 0.3 is 0 Å². The molecule has 3 rings (SSSR count). The van der Waals surface area contributed by atoms with Crippen LogP contribution in [0.15, 0.2) is 11.1 Å². The first kappa shape index (κ1) is 13.0. The third kappa shape index (κ3) is 3.09. The Morgan fingerprint density at radius 2 is 1.72 bits per heavy atom. The molecule has 0 N–H and O–H groups in total. The molecule has 2 heterocycles. The standard InChI is InChI=1S/C15H25ClN2/c16-15-5-4-13-11-18(12-14(13)10-15)9-8-17-6-2-1-3-7-17/h5,13-14H,1-4,6-12H2/t13-,14+/m1/s1. The molecular weight excluding hydrogens is 244 g/mol. The maximum Gasteiger partial charge on any atom is 0.0144 e. The summed E-state index contributed by atoms with van der Waals surface area (Å²) in [6.07, 6.45) is 8.84. The SMILES string of the molecule is ClC1=CC[C@@H]2CN(CCN3CCCCC3)C[C@@H]2C1. The highest BCUT2D eigenvalue weighted by Crippen LogP contribution is 2.36. The van der Waals surface area contributed by atoms with Crippen molar-refractivity contribution in [3.05, 3.63) is 11.1 Å². The van der Waals surface area contributed by atoms with Crippen LogP contribution in [-0.4, -0.2) is 49.1 Å². The minimum Gasteiger partial charge on any atom is -0.302 e. The molecule has 2 fully saturated rings. The summed E-state index contributed by atoms with van der Waals surface area (Å²) in [6, 6.07) is 0. The lowest BCUT2D eigenvalue weighted by atomic mass is 9.86. The van der Waals surface area contributed by atoms with Crippen molar-refractivity contribution in [3.8, 4) is 0 Å². The lowest BCUT2D eigenvalue weighted by molar-refractivity contribution is 0.193. The van der Waals surface area contributed by atoms with Crippen LogP contribution in [0, 0.1) is 11.8 Å². The van der Waals surface area contributed by atoms with E-state index in [0.717, 1.165) is 23.3 Å². The smallest absolute Gasteiger partial charge is 0.0144 e. The van der Waals surface area contributed by atoms with Crippen molar-refractivity contribution in [2.45, 2.75) is 32.1 Å². The fraction of sp³-hybridized carbons (Fsp3) is 0.867. The zero-order valence-corrected chi connectivity index (χ0v) is 12.0. The van der Waals surface area contributed by atoms with Crippen molar-refractivity contribution >= 4 is 11.6 Å². The molecule has 0 aromatic carbocycles. The van der Waals surface area contributed by atoms with Crippen LogP contribution in [0.5, 0.6) is 0 Å². The van der Waals surface area contributed by atoms with E-state index in [9.17, 15) is 0 Å². The molecule has 0 saturated carbocycles. The van der Waals surface area contributed by atoms with E-state index in [1.807, 2.05) is 0 Å². The Balaban J connectivity index is 1.43. The first-order valence-corrected chi connectivity index (χ1v) is 7.98. The molecular formula is C15H25ClN2. The molecule has 3 aliphatic rings. The van der Waals surface area contributed by atoms with Crippen LogP contribution < -0.4 is 0 Å². The first-order valence-electron chi connectivity index (χ1n) is 7.60. The van der Waals surface area contributed by atoms with Gasteiger partial charge in [0.2, 0.25) is 0 Å². The third-order valence-electron chi connectivity index (χ3n) is 4.93. The number of allylic oxidation sites excluding steroid dienone is 2. The Morgan fingerprint density at radius 1 is 1.00 bits per heavy atom. The van der Waals surface area contributed by atoms with E-state index in [1.165, 1.54) is 65.0 Å². The molecule has 2 saturated heterocycles. The summed E-state index contributed by atoms with van der Waals surface area (Å²) in [6.45, 7) is 7.79. The van der Waals surface area contributed by atoms with Gasteiger partial charge in [0.15, 0.2) is 0 Å². The summed E-state index contributed by atoms with van der Waals surface area (Å²) < 4.78 is 0. The molecule has 3 heteroatoms. The van der Waals surface area contributed by atoms with E-state index in [4.69, 9.17) is 11.6 Å². The highest BCUT2D eigenvalue weighted by atomic mass is 35.5. The molecule has 0 unspecified atom stereocenters. The van der Waals surface area contributed by atoms with Gasteiger partial charge in [-0.05, 0) is 50.6 Å². The normalized spacial score (nSPS) is 34.4. The van der Waals surface area contributed by atoms with Crippen molar-refractivity contribution < 1.29 is 0 Å². The van der Waals surface area contributed by atoms with Crippen LogP contribution in [0.2, 0.25) is 0 Å². The van der Waals surface area contributed by atoms with E-state index in [2.05, 4.69) is 15.9 Å². The minimum atomic E-state index is 0.837. The fourth-order valence-corrected chi connectivity index (χ4v) is 4.08.